The molecule has 1 N–H and O–H groups in total. The Morgan fingerprint density at radius 3 is 2.37 bits per heavy atom. The molecule has 0 radical (unpaired) electrons. The van der Waals surface area contributed by atoms with Gasteiger partial charge in [-0.1, -0.05) is 19.9 Å². The summed E-state index contributed by atoms with van der Waals surface area (Å²) in [6.07, 6.45) is -4.45. The number of aryl methyl sites for hydroxylation is 2. The zero-order valence-corrected chi connectivity index (χ0v) is 17.5. The molecule has 0 atom stereocenters. The van der Waals surface area contributed by atoms with Crippen LogP contribution in [-0.2, 0) is 6.18 Å². The normalized spacial score (nSPS) is 14.9. The van der Waals surface area contributed by atoms with Crippen LogP contribution in [0.1, 0.15) is 42.4 Å². The van der Waals surface area contributed by atoms with E-state index in [-0.39, 0.29) is 11.6 Å². The molecule has 6 nitrogen and oxygen atoms in total. The highest BCUT2D eigenvalue weighted by molar-refractivity contribution is 5.89. The van der Waals surface area contributed by atoms with Crippen LogP contribution in [-0.4, -0.2) is 47.1 Å². The van der Waals surface area contributed by atoms with Crippen LogP contribution in [0.4, 0.5) is 29.5 Å². The number of rotatable bonds is 3. The van der Waals surface area contributed by atoms with Crippen LogP contribution in [0.15, 0.2) is 24.3 Å². The number of carbonyl (C=O) groups is 1. The fourth-order valence-electron chi connectivity index (χ4n) is 3.72. The molecule has 0 unspecified atom stereocenters. The minimum absolute atomic E-state index is 0.126. The van der Waals surface area contributed by atoms with Gasteiger partial charge in [0.25, 0.3) is 0 Å². The van der Waals surface area contributed by atoms with Crippen molar-refractivity contribution in [3.63, 3.8) is 0 Å². The molecule has 2 aromatic rings. The van der Waals surface area contributed by atoms with Gasteiger partial charge in [0.15, 0.2) is 0 Å². The van der Waals surface area contributed by atoms with Gasteiger partial charge in [-0.3, -0.25) is 0 Å². The number of urea groups is 1. The predicted octanol–water partition coefficient (Wildman–Crippen LogP) is 4.59. The minimum Gasteiger partial charge on any atom is -0.353 e. The van der Waals surface area contributed by atoms with E-state index in [1.807, 2.05) is 13.8 Å². The Kier molecular flexibility index (Phi) is 6.19. The lowest BCUT2D eigenvalue weighted by molar-refractivity contribution is -0.137. The van der Waals surface area contributed by atoms with Crippen molar-refractivity contribution in [2.75, 3.05) is 36.4 Å². The first-order chi connectivity index (χ1) is 14.1. The summed E-state index contributed by atoms with van der Waals surface area (Å²) >= 11 is 0. The highest BCUT2D eigenvalue weighted by Gasteiger charge is 2.31. The molecule has 1 aromatic carbocycles. The Labute approximate surface area is 174 Å². The Hall–Kier alpha value is -2.84. The number of alkyl halides is 3. The minimum atomic E-state index is -4.45. The Balaban J connectivity index is 1.67. The van der Waals surface area contributed by atoms with Gasteiger partial charge in [0.1, 0.15) is 11.6 Å². The van der Waals surface area contributed by atoms with Gasteiger partial charge < -0.3 is 15.1 Å². The fourth-order valence-corrected chi connectivity index (χ4v) is 3.72. The van der Waals surface area contributed by atoms with Crippen molar-refractivity contribution in [1.29, 1.82) is 0 Å². The van der Waals surface area contributed by atoms with Crippen LogP contribution < -0.4 is 10.2 Å². The van der Waals surface area contributed by atoms with E-state index in [0.717, 1.165) is 29.2 Å². The molecule has 2 heterocycles. The van der Waals surface area contributed by atoms with E-state index >= 15 is 0 Å². The number of anilines is 2. The number of benzene rings is 1. The summed E-state index contributed by atoms with van der Waals surface area (Å²) in [5, 5.41) is 2.57. The number of amides is 2. The molecule has 0 bridgehead atoms. The predicted molar refractivity (Wildman–Crippen MR) is 110 cm³/mol. The second-order valence-electron chi connectivity index (χ2n) is 7.73. The van der Waals surface area contributed by atoms with Crippen LogP contribution in [0.25, 0.3) is 0 Å². The van der Waals surface area contributed by atoms with Gasteiger partial charge in [0.05, 0.1) is 5.56 Å². The first-order valence-electron chi connectivity index (χ1n) is 9.89. The molecular formula is C21H26F3N5O. The highest BCUT2D eigenvalue weighted by Crippen LogP contribution is 2.31. The maximum absolute atomic E-state index is 12.9. The molecule has 3 rings (SSSR count). The van der Waals surface area contributed by atoms with Gasteiger partial charge >= 0.3 is 12.2 Å². The number of piperazine rings is 1. The van der Waals surface area contributed by atoms with Crippen molar-refractivity contribution in [3.8, 4) is 0 Å². The summed E-state index contributed by atoms with van der Waals surface area (Å²) < 4.78 is 38.6. The molecule has 1 aromatic heterocycles. The van der Waals surface area contributed by atoms with Crippen molar-refractivity contribution < 1.29 is 18.0 Å². The SMILES string of the molecule is Cc1nc(C)c(C(C)C)c(N2CCN(C(=O)Nc3cccc(C(F)(F)F)c3)CC2)n1. The number of hydrogen-bond donors (Lipinski definition) is 1. The van der Waals surface area contributed by atoms with Gasteiger partial charge in [-0.25, -0.2) is 14.8 Å². The monoisotopic (exact) mass is 421 g/mol. The molecular weight excluding hydrogens is 395 g/mol. The molecule has 9 heteroatoms. The standard InChI is InChI=1S/C21H26F3N5O/c1-13(2)18-14(3)25-15(4)26-19(18)28-8-10-29(11-9-28)20(30)27-17-7-5-6-16(12-17)21(22,23)24/h5-7,12-13H,8-11H2,1-4H3,(H,27,30). The van der Waals surface area contributed by atoms with Crippen LogP contribution in [0.5, 0.6) is 0 Å². The van der Waals surface area contributed by atoms with E-state index in [2.05, 4.69) is 34.0 Å². The molecule has 30 heavy (non-hydrogen) atoms. The van der Waals surface area contributed by atoms with Crippen LogP contribution in [0.2, 0.25) is 0 Å². The lowest BCUT2D eigenvalue weighted by Gasteiger charge is -2.36. The zero-order chi connectivity index (χ0) is 22.1. The summed E-state index contributed by atoms with van der Waals surface area (Å²) in [6.45, 7) is 10.1. The number of nitrogens with zero attached hydrogens (tertiary/aromatic N) is 4. The van der Waals surface area contributed by atoms with Crippen LogP contribution >= 0.6 is 0 Å². The maximum atomic E-state index is 12.9. The van der Waals surface area contributed by atoms with Gasteiger partial charge in [0.2, 0.25) is 0 Å². The average molecular weight is 421 g/mol. The summed E-state index contributed by atoms with van der Waals surface area (Å²) in [4.78, 5) is 25.4. The third kappa shape index (κ3) is 4.83. The van der Waals surface area contributed by atoms with Gasteiger partial charge in [-0.2, -0.15) is 13.2 Å². The lowest BCUT2D eigenvalue weighted by atomic mass is 10.0. The Bertz CT molecular complexity index is 921. The number of halogens is 3. The van der Waals surface area contributed by atoms with Crippen LogP contribution in [0, 0.1) is 13.8 Å². The lowest BCUT2D eigenvalue weighted by Crippen LogP contribution is -2.50. The highest BCUT2D eigenvalue weighted by atomic mass is 19.4. The molecule has 0 aliphatic carbocycles. The molecule has 1 fully saturated rings. The number of carbonyl (C=O) groups excluding carboxylic acids is 1. The van der Waals surface area contributed by atoms with Crippen molar-refractivity contribution >= 4 is 17.5 Å². The maximum Gasteiger partial charge on any atom is 0.416 e. The molecule has 2 amide bonds. The van der Waals surface area contributed by atoms with E-state index in [4.69, 9.17) is 0 Å². The van der Waals surface area contributed by atoms with E-state index in [0.29, 0.717) is 32.0 Å². The number of aromatic nitrogens is 2. The van der Waals surface area contributed by atoms with Gasteiger partial charge in [0, 0.05) is 43.1 Å². The largest absolute Gasteiger partial charge is 0.416 e. The van der Waals surface area contributed by atoms with Crippen molar-refractivity contribution in [2.24, 2.45) is 0 Å². The summed E-state index contributed by atoms with van der Waals surface area (Å²) in [5.74, 6) is 1.87. The number of nitrogens with one attached hydrogen (secondary N) is 1. The van der Waals surface area contributed by atoms with E-state index in [1.165, 1.54) is 12.1 Å². The van der Waals surface area contributed by atoms with Gasteiger partial charge in [-0.05, 0) is 38.0 Å². The summed E-state index contributed by atoms with van der Waals surface area (Å²) in [7, 11) is 0. The quantitative estimate of drug-likeness (QED) is 0.788. The Morgan fingerprint density at radius 1 is 1.10 bits per heavy atom. The van der Waals surface area contributed by atoms with E-state index in [9.17, 15) is 18.0 Å². The molecule has 1 aliphatic heterocycles. The van der Waals surface area contributed by atoms with Gasteiger partial charge in [-0.15, -0.1) is 0 Å². The van der Waals surface area contributed by atoms with Crippen molar-refractivity contribution in [1.82, 2.24) is 14.9 Å². The average Bonchev–Trinajstić information content (AvgIpc) is 2.66. The van der Waals surface area contributed by atoms with Crippen LogP contribution in [0.3, 0.4) is 0 Å². The second-order valence-corrected chi connectivity index (χ2v) is 7.73. The Morgan fingerprint density at radius 2 is 1.77 bits per heavy atom. The first kappa shape index (κ1) is 21.9. The van der Waals surface area contributed by atoms with Crippen molar-refractivity contribution in [3.05, 3.63) is 46.9 Å². The summed E-state index contributed by atoms with van der Waals surface area (Å²) in [6, 6.07) is 4.24. The molecule has 0 spiro atoms. The molecule has 0 saturated carbocycles. The third-order valence-corrected chi connectivity index (χ3v) is 5.11. The second kappa shape index (κ2) is 8.49. The molecule has 1 saturated heterocycles. The number of hydrogen-bond acceptors (Lipinski definition) is 4. The zero-order valence-electron chi connectivity index (χ0n) is 17.5. The topological polar surface area (TPSA) is 61.4 Å². The first-order valence-corrected chi connectivity index (χ1v) is 9.89. The van der Waals surface area contributed by atoms with E-state index < -0.39 is 17.8 Å². The van der Waals surface area contributed by atoms with Crippen molar-refractivity contribution in [2.45, 2.75) is 39.8 Å². The third-order valence-electron chi connectivity index (χ3n) is 5.11. The summed E-state index contributed by atoms with van der Waals surface area (Å²) in [5.41, 5.74) is 1.39. The molecule has 1 aliphatic rings. The smallest absolute Gasteiger partial charge is 0.353 e. The molecule has 162 valence electrons. The van der Waals surface area contributed by atoms with E-state index in [1.54, 1.807) is 4.90 Å². The fraction of sp³-hybridized carbons (Fsp3) is 0.476.